The molecule has 1 aromatic rings. The first-order valence-electron chi connectivity index (χ1n) is 6.38. The van der Waals surface area contributed by atoms with E-state index < -0.39 is 5.97 Å². The van der Waals surface area contributed by atoms with Crippen molar-refractivity contribution < 1.29 is 9.90 Å². The van der Waals surface area contributed by atoms with E-state index in [9.17, 15) is 4.79 Å². The van der Waals surface area contributed by atoms with Gasteiger partial charge in [0.2, 0.25) is 0 Å². The standard InChI is InChI=1S/C12H19N3O2S/c1-2-12(5-3-4-6-12)8-15-9-13-14-11(15)18-7-10(16)17/h9H,2-8H2,1H3,(H,16,17). The highest BCUT2D eigenvalue weighted by Crippen LogP contribution is 2.42. The van der Waals surface area contributed by atoms with E-state index in [2.05, 4.69) is 17.1 Å². The minimum Gasteiger partial charge on any atom is -0.481 e. The second kappa shape index (κ2) is 5.73. The molecule has 1 aliphatic carbocycles. The van der Waals surface area contributed by atoms with Gasteiger partial charge in [-0.1, -0.05) is 31.5 Å². The molecule has 0 unspecified atom stereocenters. The van der Waals surface area contributed by atoms with Gasteiger partial charge in [0, 0.05) is 6.54 Å². The Morgan fingerprint density at radius 1 is 1.56 bits per heavy atom. The Bertz CT molecular complexity index is 413. The summed E-state index contributed by atoms with van der Waals surface area (Å²) in [6.07, 6.45) is 7.99. The molecule has 0 spiro atoms. The Kier molecular flexibility index (Phi) is 4.27. The van der Waals surface area contributed by atoms with E-state index in [1.165, 1.54) is 37.4 Å². The van der Waals surface area contributed by atoms with Crippen LogP contribution in [0.2, 0.25) is 0 Å². The number of carboxylic acid groups (broad SMARTS) is 1. The summed E-state index contributed by atoms with van der Waals surface area (Å²) in [7, 11) is 0. The van der Waals surface area contributed by atoms with Gasteiger partial charge >= 0.3 is 5.97 Å². The SMILES string of the molecule is CCC1(Cn2cnnc2SCC(=O)O)CCCC1. The average molecular weight is 269 g/mol. The molecular weight excluding hydrogens is 250 g/mol. The number of aromatic nitrogens is 3. The largest absolute Gasteiger partial charge is 0.481 e. The number of hydrogen-bond acceptors (Lipinski definition) is 4. The normalized spacial score (nSPS) is 18.1. The van der Waals surface area contributed by atoms with E-state index >= 15 is 0 Å². The summed E-state index contributed by atoms with van der Waals surface area (Å²) in [5.41, 5.74) is 0.362. The molecule has 0 radical (unpaired) electrons. The van der Waals surface area contributed by atoms with E-state index in [1.54, 1.807) is 6.33 Å². The van der Waals surface area contributed by atoms with E-state index in [-0.39, 0.29) is 5.75 Å². The molecule has 1 fully saturated rings. The van der Waals surface area contributed by atoms with Crippen LogP contribution < -0.4 is 0 Å². The number of rotatable bonds is 6. The van der Waals surface area contributed by atoms with Crippen LogP contribution in [-0.2, 0) is 11.3 Å². The summed E-state index contributed by atoms with van der Waals surface area (Å²) in [5.74, 6) is -0.779. The van der Waals surface area contributed by atoms with Gasteiger partial charge in [0.25, 0.3) is 0 Å². The molecule has 2 rings (SSSR count). The molecule has 0 amide bonds. The predicted molar refractivity (Wildman–Crippen MR) is 69.6 cm³/mol. The molecule has 100 valence electrons. The maximum absolute atomic E-state index is 10.6. The van der Waals surface area contributed by atoms with E-state index in [4.69, 9.17) is 5.11 Å². The lowest BCUT2D eigenvalue weighted by molar-refractivity contribution is -0.133. The molecule has 18 heavy (non-hydrogen) atoms. The summed E-state index contributed by atoms with van der Waals surface area (Å²) in [4.78, 5) is 10.6. The van der Waals surface area contributed by atoms with Crippen molar-refractivity contribution in [2.75, 3.05) is 5.75 Å². The Labute approximate surface area is 111 Å². The first-order chi connectivity index (χ1) is 8.65. The van der Waals surface area contributed by atoms with Gasteiger partial charge in [-0.2, -0.15) is 0 Å². The summed E-state index contributed by atoms with van der Waals surface area (Å²) in [6.45, 7) is 3.15. The highest BCUT2D eigenvalue weighted by Gasteiger charge is 2.33. The van der Waals surface area contributed by atoms with E-state index in [1.807, 2.05) is 4.57 Å². The molecule has 1 aromatic heterocycles. The molecule has 1 aliphatic rings. The minimum atomic E-state index is -0.819. The van der Waals surface area contributed by atoms with Gasteiger partial charge < -0.3 is 9.67 Å². The third-order valence-corrected chi connectivity index (χ3v) is 4.79. The van der Waals surface area contributed by atoms with Gasteiger partial charge in [-0.05, 0) is 24.7 Å². The summed E-state index contributed by atoms with van der Waals surface area (Å²) in [6, 6.07) is 0. The van der Waals surface area contributed by atoms with Crippen LogP contribution in [0.1, 0.15) is 39.0 Å². The van der Waals surface area contributed by atoms with Gasteiger partial charge in [0.05, 0.1) is 5.75 Å². The molecule has 6 heteroatoms. The third kappa shape index (κ3) is 3.04. The van der Waals surface area contributed by atoms with Crippen LogP contribution in [-0.4, -0.2) is 31.6 Å². The number of aliphatic carboxylic acids is 1. The minimum absolute atomic E-state index is 0.0395. The van der Waals surface area contributed by atoms with Crippen molar-refractivity contribution >= 4 is 17.7 Å². The zero-order chi connectivity index (χ0) is 13.0. The van der Waals surface area contributed by atoms with Crippen molar-refractivity contribution in [3.8, 4) is 0 Å². The first-order valence-corrected chi connectivity index (χ1v) is 7.36. The number of hydrogen-bond donors (Lipinski definition) is 1. The second-order valence-electron chi connectivity index (χ2n) is 4.98. The van der Waals surface area contributed by atoms with Crippen molar-refractivity contribution in [2.24, 2.45) is 5.41 Å². The molecule has 0 atom stereocenters. The summed E-state index contributed by atoms with van der Waals surface area (Å²) in [5, 5.41) is 17.3. The van der Waals surface area contributed by atoms with Gasteiger partial charge in [-0.15, -0.1) is 10.2 Å². The lowest BCUT2D eigenvalue weighted by Crippen LogP contribution is -2.23. The molecule has 0 saturated heterocycles. The molecule has 0 aliphatic heterocycles. The maximum Gasteiger partial charge on any atom is 0.313 e. The van der Waals surface area contributed by atoms with Crippen LogP contribution in [0, 0.1) is 5.41 Å². The van der Waals surface area contributed by atoms with Crippen molar-refractivity contribution in [3.05, 3.63) is 6.33 Å². The van der Waals surface area contributed by atoms with Crippen LogP contribution in [0.15, 0.2) is 11.5 Å². The van der Waals surface area contributed by atoms with Gasteiger partial charge in [-0.3, -0.25) is 4.79 Å². The zero-order valence-corrected chi connectivity index (χ0v) is 11.4. The Morgan fingerprint density at radius 2 is 2.28 bits per heavy atom. The number of carbonyl (C=O) groups is 1. The molecule has 5 nitrogen and oxygen atoms in total. The quantitative estimate of drug-likeness (QED) is 0.803. The average Bonchev–Trinajstić information content (AvgIpc) is 2.97. The predicted octanol–water partition coefficient (Wildman–Crippen LogP) is 2.43. The topological polar surface area (TPSA) is 68.0 Å². The fourth-order valence-corrected chi connectivity index (χ4v) is 3.34. The van der Waals surface area contributed by atoms with Crippen molar-refractivity contribution in [3.63, 3.8) is 0 Å². The highest BCUT2D eigenvalue weighted by molar-refractivity contribution is 7.99. The Hall–Kier alpha value is -1.04. The van der Waals surface area contributed by atoms with Gasteiger partial charge in [-0.25, -0.2) is 0 Å². The summed E-state index contributed by atoms with van der Waals surface area (Å²) >= 11 is 1.24. The molecule has 1 N–H and O–H groups in total. The van der Waals surface area contributed by atoms with Crippen molar-refractivity contribution in [1.82, 2.24) is 14.8 Å². The smallest absolute Gasteiger partial charge is 0.313 e. The third-order valence-electron chi connectivity index (χ3n) is 3.82. The maximum atomic E-state index is 10.6. The van der Waals surface area contributed by atoms with Crippen LogP contribution in [0.4, 0.5) is 0 Å². The Morgan fingerprint density at radius 3 is 2.89 bits per heavy atom. The van der Waals surface area contributed by atoms with E-state index in [0.717, 1.165) is 18.1 Å². The van der Waals surface area contributed by atoms with Crippen molar-refractivity contribution in [1.29, 1.82) is 0 Å². The lowest BCUT2D eigenvalue weighted by Gasteiger charge is -2.28. The molecule has 0 bridgehead atoms. The lowest BCUT2D eigenvalue weighted by atomic mass is 9.83. The van der Waals surface area contributed by atoms with Crippen LogP contribution in [0.5, 0.6) is 0 Å². The van der Waals surface area contributed by atoms with Crippen LogP contribution in [0.3, 0.4) is 0 Å². The monoisotopic (exact) mass is 269 g/mol. The summed E-state index contributed by atoms with van der Waals surface area (Å²) < 4.78 is 2.02. The Balaban J connectivity index is 2.04. The first kappa shape index (κ1) is 13.4. The van der Waals surface area contributed by atoms with Crippen LogP contribution in [0.25, 0.3) is 0 Å². The molecule has 1 saturated carbocycles. The second-order valence-corrected chi connectivity index (χ2v) is 5.93. The van der Waals surface area contributed by atoms with Crippen molar-refractivity contribution in [2.45, 2.75) is 50.7 Å². The molecule has 1 heterocycles. The number of thioether (sulfide) groups is 1. The molecular formula is C12H19N3O2S. The fourth-order valence-electron chi connectivity index (χ4n) is 2.70. The number of carboxylic acids is 1. The fraction of sp³-hybridized carbons (Fsp3) is 0.750. The van der Waals surface area contributed by atoms with Crippen LogP contribution >= 0.6 is 11.8 Å². The van der Waals surface area contributed by atoms with Gasteiger partial charge in [0.15, 0.2) is 5.16 Å². The highest BCUT2D eigenvalue weighted by atomic mass is 32.2. The number of nitrogens with zero attached hydrogens (tertiary/aromatic N) is 3. The zero-order valence-electron chi connectivity index (χ0n) is 10.6. The van der Waals surface area contributed by atoms with Gasteiger partial charge in [0.1, 0.15) is 6.33 Å². The van der Waals surface area contributed by atoms with E-state index in [0.29, 0.717) is 5.41 Å². The molecule has 0 aromatic carbocycles.